The third kappa shape index (κ3) is 11.8. The summed E-state index contributed by atoms with van der Waals surface area (Å²) in [6.45, 7) is 9.38. The normalized spacial score (nSPS) is 15.9. The summed E-state index contributed by atoms with van der Waals surface area (Å²) in [6, 6.07) is 10.2. The van der Waals surface area contributed by atoms with Gasteiger partial charge in [-0.25, -0.2) is 0 Å². The Bertz CT molecular complexity index is 460. The maximum Gasteiger partial charge on any atom is 0.147 e. The summed E-state index contributed by atoms with van der Waals surface area (Å²) in [7, 11) is 0. The highest BCUT2D eigenvalue weighted by molar-refractivity contribution is 5.13. The van der Waals surface area contributed by atoms with Crippen LogP contribution >= 0.6 is 0 Å². The quantitative estimate of drug-likeness (QED) is 0.236. The first-order valence-electron chi connectivity index (χ1n) is 11.5. The number of benzene rings is 1. The molecule has 1 aromatic carbocycles. The fourth-order valence-electron chi connectivity index (χ4n) is 3.54. The molecule has 0 aromatic heterocycles. The van der Waals surface area contributed by atoms with Gasteiger partial charge in [0.1, 0.15) is 6.79 Å². The lowest BCUT2D eigenvalue weighted by Crippen LogP contribution is -2.31. The Morgan fingerprint density at radius 2 is 1.54 bits per heavy atom. The van der Waals surface area contributed by atoms with Crippen LogP contribution in [0, 0.1) is 11.8 Å². The second-order valence-electron chi connectivity index (χ2n) is 8.50. The van der Waals surface area contributed by atoms with Crippen LogP contribution in [0.1, 0.15) is 91.0 Å². The van der Waals surface area contributed by atoms with Gasteiger partial charge in [-0.3, -0.25) is 0 Å². The standard InChI is InChI=1S/C25H44O3/c1-5-6-7-8-9-11-14-21(2)17-18-25(22(3)23(4)26)28-20-27-19-24-15-12-10-13-16-24/h10,12-13,15-16,21-23,25-26H,5-9,11,14,17-20H2,1-4H3/t21-,22+,23+,25+/m0/s1. The van der Waals surface area contributed by atoms with Crippen LogP contribution in [-0.2, 0) is 16.1 Å². The van der Waals surface area contributed by atoms with Gasteiger partial charge in [0.25, 0.3) is 0 Å². The van der Waals surface area contributed by atoms with Gasteiger partial charge in [-0.1, -0.05) is 96.0 Å². The van der Waals surface area contributed by atoms with Crippen LogP contribution in [0.15, 0.2) is 30.3 Å². The molecule has 0 heterocycles. The summed E-state index contributed by atoms with van der Waals surface area (Å²) < 4.78 is 11.7. The van der Waals surface area contributed by atoms with E-state index in [-0.39, 0.29) is 24.9 Å². The first-order chi connectivity index (χ1) is 13.5. The van der Waals surface area contributed by atoms with Crippen molar-refractivity contribution < 1.29 is 14.6 Å². The minimum absolute atomic E-state index is 0.0442. The molecule has 0 radical (unpaired) electrons. The van der Waals surface area contributed by atoms with Crippen molar-refractivity contribution in [2.75, 3.05) is 6.79 Å². The monoisotopic (exact) mass is 392 g/mol. The van der Waals surface area contributed by atoms with Gasteiger partial charge in [0.15, 0.2) is 0 Å². The summed E-state index contributed by atoms with van der Waals surface area (Å²) in [5.41, 5.74) is 1.15. The van der Waals surface area contributed by atoms with Crippen LogP contribution in [0.3, 0.4) is 0 Å². The number of hydrogen-bond donors (Lipinski definition) is 1. The fourth-order valence-corrected chi connectivity index (χ4v) is 3.54. The van der Waals surface area contributed by atoms with E-state index in [1.54, 1.807) is 0 Å². The zero-order valence-electron chi connectivity index (χ0n) is 18.7. The largest absolute Gasteiger partial charge is 0.393 e. The fraction of sp³-hybridized carbons (Fsp3) is 0.760. The molecule has 3 nitrogen and oxygen atoms in total. The van der Waals surface area contributed by atoms with E-state index in [0.29, 0.717) is 12.5 Å². The molecule has 4 atom stereocenters. The van der Waals surface area contributed by atoms with E-state index in [9.17, 15) is 5.11 Å². The van der Waals surface area contributed by atoms with Crippen LogP contribution < -0.4 is 0 Å². The average Bonchev–Trinajstić information content (AvgIpc) is 2.70. The minimum Gasteiger partial charge on any atom is -0.393 e. The van der Waals surface area contributed by atoms with E-state index in [4.69, 9.17) is 9.47 Å². The van der Waals surface area contributed by atoms with Crippen molar-refractivity contribution in [1.29, 1.82) is 0 Å². The van der Waals surface area contributed by atoms with Gasteiger partial charge < -0.3 is 14.6 Å². The molecule has 162 valence electrons. The molecule has 28 heavy (non-hydrogen) atoms. The van der Waals surface area contributed by atoms with Crippen LogP contribution in [0.2, 0.25) is 0 Å². The molecule has 0 fully saturated rings. The van der Waals surface area contributed by atoms with Crippen molar-refractivity contribution in [3.05, 3.63) is 35.9 Å². The summed E-state index contributed by atoms with van der Waals surface area (Å²) in [6.07, 6.45) is 11.3. The van der Waals surface area contributed by atoms with Crippen molar-refractivity contribution in [3.63, 3.8) is 0 Å². The number of rotatable bonds is 17. The Kier molecular flexibility index (Phi) is 14.3. The molecule has 0 unspecified atom stereocenters. The summed E-state index contributed by atoms with van der Waals surface area (Å²) in [5.74, 6) is 0.824. The smallest absolute Gasteiger partial charge is 0.147 e. The number of ether oxygens (including phenoxy) is 2. The van der Waals surface area contributed by atoms with Gasteiger partial charge in [0.05, 0.1) is 18.8 Å². The molecule has 0 amide bonds. The Balaban J connectivity index is 2.26. The van der Waals surface area contributed by atoms with Gasteiger partial charge in [-0.05, 0) is 31.2 Å². The SMILES string of the molecule is CCCCCCCC[C@H](C)CC[C@@H](OCOCc1ccccc1)[C@H](C)[C@@H](C)O. The second-order valence-corrected chi connectivity index (χ2v) is 8.50. The van der Waals surface area contributed by atoms with Gasteiger partial charge in [0.2, 0.25) is 0 Å². The lowest BCUT2D eigenvalue weighted by Gasteiger charge is -2.27. The molecule has 0 bridgehead atoms. The van der Waals surface area contributed by atoms with Crippen molar-refractivity contribution in [1.82, 2.24) is 0 Å². The van der Waals surface area contributed by atoms with Crippen molar-refractivity contribution >= 4 is 0 Å². The van der Waals surface area contributed by atoms with E-state index in [1.807, 2.05) is 25.1 Å². The first-order valence-corrected chi connectivity index (χ1v) is 11.5. The lowest BCUT2D eigenvalue weighted by molar-refractivity contribution is -0.125. The Morgan fingerprint density at radius 3 is 2.21 bits per heavy atom. The van der Waals surface area contributed by atoms with Crippen LogP contribution in [-0.4, -0.2) is 24.1 Å². The third-order valence-corrected chi connectivity index (χ3v) is 5.82. The zero-order chi connectivity index (χ0) is 20.6. The summed E-state index contributed by atoms with van der Waals surface area (Å²) in [4.78, 5) is 0. The highest BCUT2D eigenvalue weighted by Crippen LogP contribution is 2.23. The molecule has 1 aromatic rings. The van der Waals surface area contributed by atoms with Gasteiger partial charge in [0, 0.05) is 5.92 Å². The molecule has 1 N–H and O–H groups in total. The number of aliphatic hydroxyl groups is 1. The Morgan fingerprint density at radius 1 is 0.857 bits per heavy atom. The molecular formula is C25H44O3. The molecule has 0 spiro atoms. The maximum atomic E-state index is 10.0. The topological polar surface area (TPSA) is 38.7 Å². The zero-order valence-corrected chi connectivity index (χ0v) is 18.7. The summed E-state index contributed by atoms with van der Waals surface area (Å²) in [5, 5.41) is 10.0. The second kappa shape index (κ2) is 16.0. The Hall–Kier alpha value is -0.900. The third-order valence-electron chi connectivity index (χ3n) is 5.82. The summed E-state index contributed by atoms with van der Waals surface area (Å²) >= 11 is 0. The van der Waals surface area contributed by atoms with Crippen LogP contribution in [0.5, 0.6) is 0 Å². The van der Waals surface area contributed by atoms with Crippen molar-refractivity contribution in [2.24, 2.45) is 11.8 Å². The van der Waals surface area contributed by atoms with Crippen LogP contribution in [0.4, 0.5) is 0 Å². The van der Waals surface area contributed by atoms with Crippen LogP contribution in [0.25, 0.3) is 0 Å². The number of unbranched alkanes of at least 4 members (excludes halogenated alkanes) is 5. The van der Waals surface area contributed by atoms with E-state index in [1.165, 1.54) is 44.9 Å². The predicted molar refractivity (Wildman–Crippen MR) is 118 cm³/mol. The van der Waals surface area contributed by atoms with E-state index >= 15 is 0 Å². The van der Waals surface area contributed by atoms with Crippen molar-refractivity contribution in [2.45, 2.75) is 104 Å². The van der Waals surface area contributed by atoms with Gasteiger partial charge in [-0.2, -0.15) is 0 Å². The average molecular weight is 393 g/mol. The number of hydrogen-bond acceptors (Lipinski definition) is 3. The maximum absolute atomic E-state index is 10.0. The van der Waals surface area contributed by atoms with Crippen molar-refractivity contribution in [3.8, 4) is 0 Å². The highest BCUT2D eigenvalue weighted by Gasteiger charge is 2.23. The molecule has 0 aliphatic carbocycles. The molecular weight excluding hydrogens is 348 g/mol. The highest BCUT2D eigenvalue weighted by atomic mass is 16.7. The van der Waals surface area contributed by atoms with Gasteiger partial charge >= 0.3 is 0 Å². The van der Waals surface area contributed by atoms with E-state index in [2.05, 4.69) is 32.9 Å². The molecule has 0 aliphatic rings. The van der Waals surface area contributed by atoms with Gasteiger partial charge in [-0.15, -0.1) is 0 Å². The molecule has 0 saturated heterocycles. The van der Waals surface area contributed by atoms with E-state index in [0.717, 1.165) is 18.4 Å². The molecule has 0 saturated carbocycles. The lowest BCUT2D eigenvalue weighted by atomic mass is 9.90. The van der Waals surface area contributed by atoms with E-state index < -0.39 is 0 Å². The first kappa shape index (κ1) is 25.1. The number of aliphatic hydroxyl groups excluding tert-OH is 1. The minimum atomic E-state index is -0.368. The molecule has 1 rings (SSSR count). The molecule has 0 aliphatic heterocycles. The predicted octanol–water partition coefficient (Wildman–Crippen LogP) is 6.73. The molecule has 3 heteroatoms. The Labute approximate surface area is 173 Å².